The molecular formula is C10H13BrN2O2S. The SMILES string of the molecule is CS(=O)(=O)N1CCC[C@@H]1c1ccc(Br)cn1. The van der Waals surface area contributed by atoms with Crippen LogP contribution in [0.25, 0.3) is 0 Å². The molecule has 1 aromatic rings. The molecule has 1 fully saturated rings. The number of aromatic nitrogens is 1. The number of hydrogen-bond acceptors (Lipinski definition) is 3. The van der Waals surface area contributed by atoms with E-state index in [4.69, 9.17) is 0 Å². The molecule has 6 heteroatoms. The summed E-state index contributed by atoms with van der Waals surface area (Å²) >= 11 is 3.31. The van der Waals surface area contributed by atoms with Crippen molar-refractivity contribution in [1.82, 2.24) is 9.29 Å². The third-order valence-electron chi connectivity index (χ3n) is 2.72. The van der Waals surface area contributed by atoms with Crippen molar-refractivity contribution < 1.29 is 8.42 Å². The van der Waals surface area contributed by atoms with Crippen LogP contribution in [0.4, 0.5) is 0 Å². The molecule has 1 aliphatic rings. The van der Waals surface area contributed by atoms with Crippen molar-refractivity contribution in [2.45, 2.75) is 18.9 Å². The second-order valence-corrected chi connectivity index (χ2v) is 6.78. The highest BCUT2D eigenvalue weighted by Gasteiger charge is 2.33. The van der Waals surface area contributed by atoms with Crippen LogP contribution in [-0.2, 0) is 10.0 Å². The lowest BCUT2D eigenvalue weighted by atomic mass is 10.1. The Labute approximate surface area is 104 Å². The Balaban J connectivity index is 2.30. The van der Waals surface area contributed by atoms with Crippen molar-refractivity contribution >= 4 is 26.0 Å². The summed E-state index contributed by atoms with van der Waals surface area (Å²) in [5.74, 6) is 0. The first-order valence-electron chi connectivity index (χ1n) is 5.07. The minimum Gasteiger partial charge on any atom is -0.258 e. The highest BCUT2D eigenvalue weighted by molar-refractivity contribution is 9.10. The van der Waals surface area contributed by atoms with E-state index in [9.17, 15) is 8.42 Å². The molecule has 1 saturated heterocycles. The van der Waals surface area contributed by atoms with Gasteiger partial charge in [0.25, 0.3) is 0 Å². The number of sulfonamides is 1. The van der Waals surface area contributed by atoms with Crippen LogP contribution in [-0.4, -0.2) is 30.5 Å². The minimum absolute atomic E-state index is 0.0944. The van der Waals surface area contributed by atoms with Gasteiger partial charge >= 0.3 is 0 Å². The topological polar surface area (TPSA) is 50.3 Å². The van der Waals surface area contributed by atoms with Crippen molar-refractivity contribution in [3.63, 3.8) is 0 Å². The van der Waals surface area contributed by atoms with Crippen molar-refractivity contribution in [3.8, 4) is 0 Å². The van der Waals surface area contributed by atoms with Gasteiger partial charge in [-0.1, -0.05) is 0 Å². The summed E-state index contributed by atoms with van der Waals surface area (Å²) in [6, 6.07) is 3.67. The van der Waals surface area contributed by atoms with Crippen LogP contribution in [0.1, 0.15) is 24.6 Å². The van der Waals surface area contributed by atoms with Gasteiger partial charge in [0.15, 0.2) is 0 Å². The molecule has 2 heterocycles. The van der Waals surface area contributed by atoms with E-state index in [0.29, 0.717) is 6.54 Å². The molecule has 0 aliphatic carbocycles. The summed E-state index contributed by atoms with van der Waals surface area (Å²) in [5, 5.41) is 0. The van der Waals surface area contributed by atoms with Crippen molar-refractivity contribution in [3.05, 3.63) is 28.5 Å². The van der Waals surface area contributed by atoms with Gasteiger partial charge < -0.3 is 0 Å². The Morgan fingerprint density at radius 3 is 2.81 bits per heavy atom. The lowest BCUT2D eigenvalue weighted by molar-refractivity contribution is 0.394. The molecule has 1 aliphatic heterocycles. The number of pyridine rings is 1. The summed E-state index contributed by atoms with van der Waals surface area (Å²) in [4.78, 5) is 4.27. The van der Waals surface area contributed by atoms with E-state index in [1.807, 2.05) is 12.1 Å². The maximum atomic E-state index is 11.6. The number of halogens is 1. The monoisotopic (exact) mass is 304 g/mol. The molecule has 0 saturated carbocycles. The second-order valence-electron chi connectivity index (χ2n) is 3.93. The molecule has 16 heavy (non-hydrogen) atoms. The average Bonchev–Trinajstić information content (AvgIpc) is 2.66. The molecule has 4 nitrogen and oxygen atoms in total. The smallest absolute Gasteiger partial charge is 0.211 e. The molecule has 0 aromatic carbocycles. The third-order valence-corrected chi connectivity index (χ3v) is 4.48. The summed E-state index contributed by atoms with van der Waals surface area (Å²) in [7, 11) is -3.13. The fourth-order valence-corrected chi connectivity index (χ4v) is 3.39. The lowest BCUT2D eigenvalue weighted by Crippen LogP contribution is -2.29. The van der Waals surface area contributed by atoms with Crippen LogP contribution < -0.4 is 0 Å². The fourth-order valence-electron chi connectivity index (χ4n) is 2.02. The van der Waals surface area contributed by atoms with Gasteiger partial charge in [0.05, 0.1) is 18.0 Å². The predicted molar refractivity (Wildman–Crippen MR) is 65.5 cm³/mol. The summed E-state index contributed by atoms with van der Waals surface area (Å²) in [6.07, 6.45) is 4.70. The minimum atomic E-state index is -3.13. The van der Waals surface area contributed by atoms with Crippen molar-refractivity contribution in [2.24, 2.45) is 0 Å². The molecule has 88 valence electrons. The average molecular weight is 305 g/mol. The van der Waals surface area contributed by atoms with E-state index in [0.717, 1.165) is 23.0 Å². The quantitative estimate of drug-likeness (QED) is 0.839. The Bertz CT molecular complexity index is 472. The van der Waals surface area contributed by atoms with Gasteiger partial charge in [-0.2, -0.15) is 4.31 Å². The number of nitrogens with zero attached hydrogens (tertiary/aromatic N) is 2. The third kappa shape index (κ3) is 2.44. The molecule has 0 N–H and O–H groups in total. The molecule has 2 rings (SSSR count). The molecular weight excluding hydrogens is 292 g/mol. The molecule has 0 spiro atoms. The van der Waals surface area contributed by atoms with Gasteiger partial charge in [0.1, 0.15) is 0 Å². The van der Waals surface area contributed by atoms with E-state index in [1.54, 1.807) is 6.20 Å². The molecule has 0 radical (unpaired) electrons. The highest BCUT2D eigenvalue weighted by atomic mass is 79.9. The fraction of sp³-hybridized carbons (Fsp3) is 0.500. The standard InChI is InChI=1S/C10H13BrN2O2S/c1-16(14,15)13-6-2-3-10(13)9-5-4-8(11)7-12-9/h4-5,7,10H,2-3,6H2,1H3/t10-/m1/s1. The van der Waals surface area contributed by atoms with E-state index in [2.05, 4.69) is 20.9 Å². The van der Waals surface area contributed by atoms with Gasteiger partial charge in [-0.25, -0.2) is 8.42 Å². The summed E-state index contributed by atoms with van der Waals surface area (Å²) in [6.45, 7) is 0.598. The maximum absolute atomic E-state index is 11.6. The van der Waals surface area contributed by atoms with Crippen LogP contribution in [0.5, 0.6) is 0 Å². The van der Waals surface area contributed by atoms with E-state index < -0.39 is 10.0 Å². The Morgan fingerprint density at radius 2 is 2.25 bits per heavy atom. The number of hydrogen-bond donors (Lipinski definition) is 0. The number of rotatable bonds is 2. The first kappa shape index (κ1) is 12.0. The van der Waals surface area contributed by atoms with Gasteiger partial charge in [0.2, 0.25) is 10.0 Å². The normalized spacial score (nSPS) is 22.5. The van der Waals surface area contributed by atoms with Crippen LogP contribution in [0.15, 0.2) is 22.8 Å². The van der Waals surface area contributed by atoms with Crippen LogP contribution in [0, 0.1) is 0 Å². The Hall–Kier alpha value is -0.460. The van der Waals surface area contributed by atoms with E-state index in [1.165, 1.54) is 10.6 Å². The molecule has 1 atom stereocenters. The molecule has 0 bridgehead atoms. The van der Waals surface area contributed by atoms with Crippen LogP contribution in [0.3, 0.4) is 0 Å². The zero-order valence-electron chi connectivity index (χ0n) is 8.93. The van der Waals surface area contributed by atoms with Crippen LogP contribution >= 0.6 is 15.9 Å². The van der Waals surface area contributed by atoms with E-state index in [-0.39, 0.29) is 6.04 Å². The first-order valence-corrected chi connectivity index (χ1v) is 7.71. The maximum Gasteiger partial charge on any atom is 0.211 e. The molecule has 0 amide bonds. The van der Waals surface area contributed by atoms with Crippen molar-refractivity contribution in [2.75, 3.05) is 12.8 Å². The molecule has 0 unspecified atom stereocenters. The lowest BCUT2D eigenvalue weighted by Gasteiger charge is -2.21. The molecule has 1 aromatic heterocycles. The van der Waals surface area contributed by atoms with E-state index >= 15 is 0 Å². The highest BCUT2D eigenvalue weighted by Crippen LogP contribution is 2.32. The van der Waals surface area contributed by atoms with Gasteiger partial charge in [-0.05, 0) is 40.9 Å². The summed E-state index contributed by atoms with van der Waals surface area (Å²) < 4.78 is 25.6. The summed E-state index contributed by atoms with van der Waals surface area (Å²) in [5.41, 5.74) is 0.825. The largest absolute Gasteiger partial charge is 0.258 e. The second kappa shape index (κ2) is 4.43. The Morgan fingerprint density at radius 1 is 1.50 bits per heavy atom. The zero-order chi connectivity index (χ0) is 11.8. The first-order chi connectivity index (χ1) is 7.48. The zero-order valence-corrected chi connectivity index (χ0v) is 11.3. The van der Waals surface area contributed by atoms with Gasteiger partial charge in [-0.15, -0.1) is 0 Å². The Kier molecular flexibility index (Phi) is 3.32. The van der Waals surface area contributed by atoms with Crippen LogP contribution in [0.2, 0.25) is 0 Å². The van der Waals surface area contributed by atoms with Gasteiger partial charge in [-0.3, -0.25) is 4.98 Å². The predicted octanol–water partition coefficient (Wildman–Crippen LogP) is 1.94. The van der Waals surface area contributed by atoms with Crippen molar-refractivity contribution in [1.29, 1.82) is 0 Å². The van der Waals surface area contributed by atoms with Gasteiger partial charge in [0, 0.05) is 17.2 Å².